The van der Waals surface area contributed by atoms with Crippen molar-refractivity contribution in [3.63, 3.8) is 0 Å². The highest BCUT2D eigenvalue weighted by Gasteiger charge is 2.28. The lowest BCUT2D eigenvalue weighted by molar-refractivity contribution is -0.119. The molecule has 1 aliphatic rings. The molecule has 0 unspecified atom stereocenters. The third-order valence-corrected chi connectivity index (χ3v) is 8.03. The molecule has 0 atom stereocenters. The normalized spacial score (nSPS) is 12.7. The number of halogens is 1. The van der Waals surface area contributed by atoms with Crippen LogP contribution in [0.25, 0.3) is 0 Å². The van der Waals surface area contributed by atoms with Gasteiger partial charge in [0, 0.05) is 31.4 Å². The molecule has 196 valence electrons. The monoisotopic (exact) mass is 527 g/mol. The Labute approximate surface area is 216 Å². The van der Waals surface area contributed by atoms with Gasteiger partial charge in [-0.25, -0.2) is 12.8 Å². The molecule has 4 rings (SSSR count). The van der Waals surface area contributed by atoms with Gasteiger partial charge >= 0.3 is 0 Å². The van der Waals surface area contributed by atoms with Crippen LogP contribution in [0.5, 0.6) is 11.5 Å². The van der Waals surface area contributed by atoms with Crippen molar-refractivity contribution < 1.29 is 27.1 Å². The number of anilines is 2. The maximum absolute atomic E-state index is 13.6. The molecular formula is C27H30FN3O5S. The molecule has 37 heavy (non-hydrogen) atoms. The summed E-state index contributed by atoms with van der Waals surface area (Å²) in [5, 5.41) is 2.82. The van der Waals surface area contributed by atoms with Crippen LogP contribution in [0, 0.1) is 5.82 Å². The van der Waals surface area contributed by atoms with Crippen molar-refractivity contribution in [2.45, 2.75) is 17.7 Å². The standard InChI is InChI=1S/C27H30FN3O5S/c1-35-25-13-12-23(18-26(25)36-2)37(33,34)31(22-10-8-21(28)9-11-22)19-27(32)29-15-5-16-30-17-14-20-6-3-4-7-24(20)30/h3-4,6-13,18H,5,14-17,19H2,1-2H3,(H,29,32). The Morgan fingerprint density at radius 1 is 1.03 bits per heavy atom. The highest BCUT2D eigenvalue weighted by atomic mass is 32.2. The maximum atomic E-state index is 13.6. The zero-order chi connectivity index (χ0) is 26.4. The van der Waals surface area contributed by atoms with E-state index in [0.717, 1.165) is 35.9 Å². The van der Waals surface area contributed by atoms with Gasteiger partial charge in [-0.1, -0.05) is 18.2 Å². The van der Waals surface area contributed by atoms with E-state index in [4.69, 9.17) is 9.47 Å². The smallest absolute Gasteiger partial charge is 0.264 e. The molecule has 0 radical (unpaired) electrons. The Balaban J connectivity index is 1.45. The largest absolute Gasteiger partial charge is 0.493 e. The van der Waals surface area contributed by atoms with Gasteiger partial charge in [0.15, 0.2) is 11.5 Å². The van der Waals surface area contributed by atoms with Crippen molar-refractivity contribution in [2.24, 2.45) is 0 Å². The molecule has 8 nitrogen and oxygen atoms in total. The molecule has 0 saturated heterocycles. The van der Waals surface area contributed by atoms with Gasteiger partial charge in [0.05, 0.1) is 24.8 Å². The molecule has 0 fully saturated rings. The first-order valence-corrected chi connectivity index (χ1v) is 13.4. The summed E-state index contributed by atoms with van der Waals surface area (Å²) in [6.07, 6.45) is 1.71. The van der Waals surface area contributed by atoms with Crippen LogP contribution in [0.1, 0.15) is 12.0 Å². The van der Waals surface area contributed by atoms with Crippen molar-refractivity contribution in [3.05, 3.63) is 78.1 Å². The summed E-state index contributed by atoms with van der Waals surface area (Å²) in [4.78, 5) is 15.0. The lowest BCUT2D eigenvalue weighted by Gasteiger charge is -2.25. The third kappa shape index (κ3) is 5.96. The lowest BCUT2D eigenvalue weighted by Crippen LogP contribution is -2.41. The zero-order valence-corrected chi connectivity index (χ0v) is 21.6. The van der Waals surface area contributed by atoms with E-state index in [-0.39, 0.29) is 16.3 Å². The fourth-order valence-electron chi connectivity index (χ4n) is 4.35. The zero-order valence-electron chi connectivity index (χ0n) is 20.8. The summed E-state index contributed by atoms with van der Waals surface area (Å²) in [5.41, 5.74) is 2.71. The van der Waals surface area contributed by atoms with Gasteiger partial charge in [0.25, 0.3) is 10.0 Å². The van der Waals surface area contributed by atoms with Crippen LogP contribution in [-0.4, -0.2) is 54.7 Å². The Kier molecular flexibility index (Phi) is 8.17. The summed E-state index contributed by atoms with van der Waals surface area (Å²) < 4.78 is 52.1. The number of carbonyl (C=O) groups is 1. The van der Waals surface area contributed by atoms with Crippen LogP contribution >= 0.6 is 0 Å². The summed E-state index contributed by atoms with van der Waals surface area (Å²) in [6.45, 7) is 1.65. The first kappa shape index (κ1) is 26.3. The molecular weight excluding hydrogens is 497 g/mol. The predicted octanol–water partition coefficient (Wildman–Crippen LogP) is 3.61. The molecule has 0 aromatic heterocycles. The molecule has 10 heteroatoms. The molecule has 1 heterocycles. The van der Waals surface area contributed by atoms with Crippen LogP contribution in [0.2, 0.25) is 0 Å². The fourth-order valence-corrected chi connectivity index (χ4v) is 5.79. The maximum Gasteiger partial charge on any atom is 0.264 e. The first-order valence-electron chi connectivity index (χ1n) is 11.9. The Morgan fingerprint density at radius 2 is 1.76 bits per heavy atom. The Hall–Kier alpha value is -3.79. The van der Waals surface area contributed by atoms with Gasteiger partial charge in [-0.3, -0.25) is 9.10 Å². The fraction of sp³-hybridized carbons (Fsp3) is 0.296. The molecule has 0 bridgehead atoms. The van der Waals surface area contributed by atoms with E-state index in [1.165, 1.54) is 55.8 Å². The number of sulfonamides is 1. The van der Waals surface area contributed by atoms with Crippen molar-refractivity contribution >= 4 is 27.3 Å². The van der Waals surface area contributed by atoms with Gasteiger partial charge in [-0.15, -0.1) is 0 Å². The summed E-state index contributed by atoms with van der Waals surface area (Å²) >= 11 is 0. The van der Waals surface area contributed by atoms with Gasteiger partial charge in [0.2, 0.25) is 5.91 Å². The van der Waals surface area contributed by atoms with Crippen molar-refractivity contribution in [1.82, 2.24) is 5.32 Å². The first-order chi connectivity index (χ1) is 17.8. The SMILES string of the molecule is COc1ccc(S(=O)(=O)N(CC(=O)NCCCN2CCc3ccccc32)c2ccc(F)cc2)cc1OC. The lowest BCUT2D eigenvalue weighted by atomic mass is 10.2. The van der Waals surface area contributed by atoms with Crippen molar-refractivity contribution in [3.8, 4) is 11.5 Å². The van der Waals surface area contributed by atoms with E-state index >= 15 is 0 Å². The van der Waals surface area contributed by atoms with Crippen LogP contribution in [-0.2, 0) is 21.2 Å². The summed E-state index contributed by atoms with van der Waals surface area (Å²) in [6, 6.07) is 17.4. The predicted molar refractivity (Wildman–Crippen MR) is 140 cm³/mol. The number of para-hydroxylation sites is 1. The number of amides is 1. The van der Waals surface area contributed by atoms with E-state index in [9.17, 15) is 17.6 Å². The van der Waals surface area contributed by atoms with E-state index < -0.39 is 28.3 Å². The van der Waals surface area contributed by atoms with Crippen molar-refractivity contribution in [2.75, 3.05) is 49.6 Å². The number of hydrogen-bond donors (Lipinski definition) is 1. The van der Waals surface area contributed by atoms with Crippen LogP contribution in [0.3, 0.4) is 0 Å². The Morgan fingerprint density at radius 3 is 2.49 bits per heavy atom. The highest BCUT2D eigenvalue weighted by Crippen LogP contribution is 2.32. The van der Waals surface area contributed by atoms with Gasteiger partial charge in [-0.05, 0) is 60.9 Å². The molecule has 0 saturated carbocycles. The number of fused-ring (bicyclic) bond motifs is 1. The molecule has 0 spiro atoms. The molecule has 3 aromatic carbocycles. The minimum atomic E-state index is -4.19. The average molecular weight is 528 g/mol. The molecule has 0 aliphatic carbocycles. The quantitative estimate of drug-likeness (QED) is 0.384. The highest BCUT2D eigenvalue weighted by molar-refractivity contribution is 7.92. The number of methoxy groups -OCH3 is 2. The average Bonchev–Trinajstić information content (AvgIpc) is 3.33. The Bertz CT molecular complexity index is 1350. The number of nitrogens with zero attached hydrogens (tertiary/aromatic N) is 2. The van der Waals surface area contributed by atoms with Gasteiger partial charge < -0.3 is 19.7 Å². The minimum absolute atomic E-state index is 0.0880. The number of carbonyl (C=O) groups excluding carboxylic acids is 1. The second-order valence-electron chi connectivity index (χ2n) is 8.57. The number of hydrogen-bond acceptors (Lipinski definition) is 6. The van der Waals surface area contributed by atoms with E-state index in [1.54, 1.807) is 0 Å². The minimum Gasteiger partial charge on any atom is -0.493 e. The molecule has 1 amide bonds. The topological polar surface area (TPSA) is 88.2 Å². The molecule has 1 N–H and O–H groups in total. The van der Waals surface area contributed by atoms with E-state index in [1.807, 2.05) is 12.1 Å². The van der Waals surface area contributed by atoms with Gasteiger partial charge in [-0.2, -0.15) is 0 Å². The van der Waals surface area contributed by atoms with Crippen LogP contribution in [0.15, 0.2) is 71.6 Å². The number of nitrogens with one attached hydrogen (secondary N) is 1. The third-order valence-electron chi connectivity index (χ3n) is 6.26. The van der Waals surface area contributed by atoms with E-state index in [2.05, 4.69) is 22.3 Å². The van der Waals surface area contributed by atoms with Crippen LogP contribution < -0.4 is 24.0 Å². The molecule has 3 aromatic rings. The number of benzene rings is 3. The summed E-state index contributed by atoms with van der Waals surface area (Å²) in [5.74, 6) is -0.376. The van der Waals surface area contributed by atoms with E-state index in [0.29, 0.717) is 18.7 Å². The summed E-state index contributed by atoms with van der Waals surface area (Å²) in [7, 11) is -1.34. The van der Waals surface area contributed by atoms with Gasteiger partial charge in [0.1, 0.15) is 12.4 Å². The molecule has 1 aliphatic heterocycles. The number of ether oxygens (including phenoxy) is 2. The second-order valence-corrected chi connectivity index (χ2v) is 10.4. The second kappa shape index (κ2) is 11.5. The van der Waals surface area contributed by atoms with Crippen LogP contribution in [0.4, 0.5) is 15.8 Å². The number of rotatable bonds is 11. The van der Waals surface area contributed by atoms with Crippen molar-refractivity contribution in [1.29, 1.82) is 0 Å².